The van der Waals surface area contributed by atoms with Crippen molar-refractivity contribution in [1.29, 1.82) is 0 Å². The molecule has 2 nitrogen and oxygen atoms in total. The van der Waals surface area contributed by atoms with Crippen molar-refractivity contribution in [2.24, 2.45) is 0 Å². The number of rotatable bonds is 2. The molecule has 0 saturated heterocycles. The first-order valence-corrected chi connectivity index (χ1v) is 5.37. The van der Waals surface area contributed by atoms with Crippen LogP contribution in [0.15, 0.2) is 24.3 Å². The van der Waals surface area contributed by atoms with Gasteiger partial charge in [-0.1, -0.05) is 38.0 Å². The van der Waals surface area contributed by atoms with Gasteiger partial charge in [0.15, 0.2) is 0 Å². The fourth-order valence-electron chi connectivity index (χ4n) is 1.58. The van der Waals surface area contributed by atoms with Crippen LogP contribution in [0.5, 0.6) is 0 Å². The molecule has 0 fully saturated rings. The number of nitrogens with zero attached hydrogens (tertiary/aromatic N) is 1. The number of anilines is 1. The fraction of sp³-hybridized carbons (Fsp3) is 0.357. The predicted octanol–water partition coefficient (Wildman–Crippen LogP) is 2.80. The second-order valence-corrected chi connectivity index (χ2v) is 3.95. The van der Waals surface area contributed by atoms with E-state index in [0.29, 0.717) is 5.92 Å². The summed E-state index contributed by atoms with van der Waals surface area (Å²) in [4.78, 5) is 13.3. The van der Waals surface area contributed by atoms with Crippen LogP contribution in [-0.4, -0.2) is 13.0 Å². The Labute approximate surface area is 97.3 Å². The highest BCUT2D eigenvalue weighted by atomic mass is 16.2. The highest BCUT2D eigenvalue weighted by Gasteiger charge is 2.13. The molecule has 0 atom stereocenters. The van der Waals surface area contributed by atoms with Crippen LogP contribution >= 0.6 is 0 Å². The molecule has 0 heterocycles. The van der Waals surface area contributed by atoms with E-state index in [4.69, 9.17) is 0 Å². The normalized spacial score (nSPS) is 9.56. The first-order valence-electron chi connectivity index (χ1n) is 5.37. The number of amides is 1. The molecule has 0 spiro atoms. The van der Waals surface area contributed by atoms with Gasteiger partial charge in [0.05, 0.1) is 0 Å². The van der Waals surface area contributed by atoms with E-state index in [2.05, 4.69) is 25.7 Å². The van der Waals surface area contributed by atoms with Crippen molar-refractivity contribution in [1.82, 2.24) is 0 Å². The molecule has 2 heteroatoms. The number of hydrogen-bond donors (Lipinski definition) is 0. The number of benzene rings is 1. The van der Waals surface area contributed by atoms with Crippen LogP contribution in [-0.2, 0) is 4.79 Å². The van der Waals surface area contributed by atoms with Crippen LogP contribution in [0.1, 0.15) is 32.3 Å². The zero-order chi connectivity index (χ0) is 12.1. The Morgan fingerprint density at radius 3 is 2.50 bits per heavy atom. The van der Waals surface area contributed by atoms with Gasteiger partial charge in [-0.3, -0.25) is 4.79 Å². The quantitative estimate of drug-likeness (QED) is 0.695. The third kappa shape index (κ3) is 2.64. The van der Waals surface area contributed by atoms with E-state index in [1.165, 1.54) is 0 Å². The minimum absolute atomic E-state index is 0.171. The van der Waals surface area contributed by atoms with E-state index in [1.54, 1.807) is 18.9 Å². The molecule has 1 aromatic carbocycles. The summed E-state index contributed by atoms with van der Waals surface area (Å²) in [6, 6.07) is 7.92. The smallest absolute Gasteiger partial charge is 0.302 e. The van der Waals surface area contributed by atoms with Crippen molar-refractivity contribution in [2.45, 2.75) is 26.7 Å². The summed E-state index contributed by atoms with van der Waals surface area (Å²) in [7, 11) is 1.76. The van der Waals surface area contributed by atoms with Gasteiger partial charge in [-0.25, -0.2) is 0 Å². The van der Waals surface area contributed by atoms with E-state index in [-0.39, 0.29) is 5.91 Å². The van der Waals surface area contributed by atoms with Crippen molar-refractivity contribution in [2.75, 3.05) is 11.9 Å². The molecule has 1 aromatic rings. The molecular formula is C14H17NO. The minimum Gasteiger partial charge on any atom is -0.304 e. The van der Waals surface area contributed by atoms with Gasteiger partial charge < -0.3 is 4.90 Å². The molecule has 0 aliphatic carbocycles. The fourth-order valence-corrected chi connectivity index (χ4v) is 1.58. The molecule has 0 aliphatic rings. The zero-order valence-corrected chi connectivity index (χ0v) is 10.2. The van der Waals surface area contributed by atoms with Crippen LogP contribution in [0.3, 0.4) is 0 Å². The third-order valence-electron chi connectivity index (χ3n) is 2.46. The minimum atomic E-state index is -0.171. The topological polar surface area (TPSA) is 20.3 Å². The number of para-hydroxylation sites is 1. The molecule has 0 bridgehead atoms. The molecule has 0 N–H and O–H groups in total. The van der Waals surface area contributed by atoms with E-state index < -0.39 is 0 Å². The van der Waals surface area contributed by atoms with Gasteiger partial charge >= 0.3 is 5.91 Å². The van der Waals surface area contributed by atoms with Crippen LogP contribution < -0.4 is 4.90 Å². The maximum atomic E-state index is 11.7. The standard InChI is InChI=1S/C14H17NO/c1-5-8-14(16)15(4)13-10-7-6-9-12(13)11(2)3/h6-7,9-11H,1-4H3. The second-order valence-electron chi connectivity index (χ2n) is 3.95. The Bertz CT molecular complexity index is 438. The van der Waals surface area contributed by atoms with Crippen molar-refractivity contribution in [3.63, 3.8) is 0 Å². The summed E-state index contributed by atoms with van der Waals surface area (Å²) in [5.41, 5.74) is 2.10. The van der Waals surface area contributed by atoms with Crippen molar-refractivity contribution < 1.29 is 4.79 Å². The Hall–Kier alpha value is -1.75. The lowest BCUT2D eigenvalue weighted by Gasteiger charge is -2.20. The Kier molecular flexibility index (Phi) is 4.13. The van der Waals surface area contributed by atoms with Gasteiger partial charge in [0, 0.05) is 12.7 Å². The molecule has 0 unspecified atom stereocenters. The molecule has 16 heavy (non-hydrogen) atoms. The van der Waals surface area contributed by atoms with E-state index in [9.17, 15) is 4.79 Å². The van der Waals surface area contributed by atoms with Gasteiger partial charge in [-0.05, 0) is 30.4 Å². The lowest BCUT2D eigenvalue weighted by atomic mass is 10.0. The summed E-state index contributed by atoms with van der Waals surface area (Å²) in [6.07, 6.45) is 0. The molecule has 0 radical (unpaired) electrons. The Morgan fingerprint density at radius 2 is 1.94 bits per heavy atom. The molecule has 84 valence electrons. The Balaban J connectivity index is 3.11. The average molecular weight is 215 g/mol. The molecule has 1 amide bonds. The zero-order valence-electron chi connectivity index (χ0n) is 10.2. The number of hydrogen-bond acceptors (Lipinski definition) is 1. The molecule has 0 aromatic heterocycles. The molecule has 1 rings (SSSR count). The molecule has 0 saturated carbocycles. The van der Waals surface area contributed by atoms with Crippen LogP contribution in [0, 0.1) is 11.8 Å². The maximum absolute atomic E-state index is 11.7. The third-order valence-corrected chi connectivity index (χ3v) is 2.46. The van der Waals surface area contributed by atoms with Crippen LogP contribution in [0.4, 0.5) is 5.69 Å². The van der Waals surface area contributed by atoms with E-state index >= 15 is 0 Å². The second kappa shape index (κ2) is 5.37. The maximum Gasteiger partial charge on any atom is 0.302 e. The monoisotopic (exact) mass is 215 g/mol. The molecule has 0 aliphatic heterocycles. The van der Waals surface area contributed by atoms with Gasteiger partial charge in [0.2, 0.25) is 0 Å². The van der Waals surface area contributed by atoms with Gasteiger partial charge in [-0.2, -0.15) is 0 Å². The lowest BCUT2D eigenvalue weighted by molar-refractivity contribution is -0.113. The predicted molar refractivity (Wildman–Crippen MR) is 67.4 cm³/mol. The van der Waals surface area contributed by atoms with Gasteiger partial charge in [-0.15, -0.1) is 0 Å². The summed E-state index contributed by atoms with van der Waals surface area (Å²) < 4.78 is 0. The van der Waals surface area contributed by atoms with Crippen LogP contribution in [0.2, 0.25) is 0 Å². The largest absolute Gasteiger partial charge is 0.304 e. The summed E-state index contributed by atoms with van der Waals surface area (Å²) in [6.45, 7) is 5.89. The highest BCUT2D eigenvalue weighted by Crippen LogP contribution is 2.26. The van der Waals surface area contributed by atoms with Gasteiger partial charge in [0.25, 0.3) is 0 Å². The first-order chi connectivity index (χ1) is 7.57. The summed E-state index contributed by atoms with van der Waals surface area (Å²) in [5.74, 6) is 5.39. The number of carbonyl (C=O) groups is 1. The lowest BCUT2D eigenvalue weighted by Crippen LogP contribution is -2.25. The summed E-state index contributed by atoms with van der Waals surface area (Å²) >= 11 is 0. The first kappa shape index (κ1) is 12.3. The number of carbonyl (C=O) groups excluding carboxylic acids is 1. The SMILES string of the molecule is CC#CC(=O)N(C)c1ccccc1C(C)C. The van der Waals surface area contributed by atoms with E-state index in [0.717, 1.165) is 11.3 Å². The average Bonchev–Trinajstić information content (AvgIpc) is 2.28. The Morgan fingerprint density at radius 1 is 1.31 bits per heavy atom. The van der Waals surface area contributed by atoms with Crippen molar-refractivity contribution >= 4 is 11.6 Å². The summed E-state index contributed by atoms with van der Waals surface area (Å²) in [5, 5.41) is 0. The van der Waals surface area contributed by atoms with Crippen LogP contribution in [0.25, 0.3) is 0 Å². The van der Waals surface area contributed by atoms with Gasteiger partial charge in [0.1, 0.15) is 0 Å². The highest BCUT2D eigenvalue weighted by molar-refractivity contribution is 6.05. The molecular weight excluding hydrogens is 198 g/mol. The van der Waals surface area contributed by atoms with Crippen molar-refractivity contribution in [3.8, 4) is 11.8 Å². The van der Waals surface area contributed by atoms with E-state index in [1.807, 2.05) is 24.3 Å². The van der Waals surface area contributed by atoms with Crippen molar-refractivity contribution in [3.05, 3.63) is 29.8 Å².